The first kappa shape index (κ1) is 80.4. The van der Waals surface area contributed by atoms with E-state index in [1.54, 1.807) is 0 Å². The number of rotatable bonds is 62. The number of hydrogen-bond acceptors (Lipinski definition) is 8. The predicted molar refractivity (Wildman–Crippen MR) is 360 cm³/mol. The summed E-state index contributed by atoms with van der Waals surface area (Å²) in [5, 5.41) is 0. The number of nitrogens with zero attached hydrogens (tertiary/aromatic N) is 1. The van der Waals surface area contributed by atoms with E-state index in [1.807, 2.05) is 21.1 Å². The number of unbranched alkanes of at least 4 members (excludes halogenated alkanes) is 28. The monoisotopic (exact) mass is 1190 g/mol. The standard InChI is InChI=1S/C74H128NO8P/c1-6-8-10-12-14-16-18-20-22-24-26-28-30-31-32-33-34-35-36-37-38-39-40-41-42-43-45-47-49-51-53-55-57-59-61-63-65-67-74(77)83-72(71-82-84(78,79)81-69-68-75(3,4)5)70-80-73(76)66-64-62-60-58-56-54-52-50-48-46-44-29-27-25-23-21-19-17-15-13-11-9-7-2/h8-11,14-17,20-23,26-29,31-32,34-35,72H,6-7,12-13,18-19,24-25,30,33,36-71H2,1-5H3/b10-8-,11-9-,16-14-,17-15-,22-20-,23-21-,28-26-,29-27-,32-31-,35-34-. The lowest BCUT2D eigenvalue weighted by Crippen LogP contribution is -2.37. The molecule has 84 heavy (non-hydrogen) atoms. The lowest BCUT2D eigenvalue weighted by molar-refractivity contribution is -0.870. The molecule has 10 heteroatoms. The molecule has 0 rings (SSSR count). The quantitative estimate of drug-likeness (QED) is 0.0195. The van der Waals surface area contributed by atoms with E-state index in [9.17, 15) is 19.0 Å². The lowest BCUT2D eigenvalue weighted by Gasteiger charge is -2.28. The van der Waals surface area contributed by atoms with Crippen LogP contribution in [-0.4, -0.2) is 70.0 Å². The Kier molecular flexibility index (Phi) is 61.2. The number of carbonyl (C=O) groups is 2. The van der Waals surface area contributed by atoms with Gasteiger partial charge in [0.25, 0.3) is 7.82 Å². The summed E-state index contributed by atoms with van der Waals surface area (Å²) in [5.74, 6) is -0.835. The Morgan fingerprint density at radius 3 is 0.952 bits per heavy atom. The van der Waals surface area contributed by atoms with Crippen molar-refractivity contribution in [2.45, 2.75) is 290 Å². The lowest BCUT2D eigenvalue weighted by atomic mass is 10.0. The molecule has 482 valence electrons. The average Bonchev–Trinajstić information content (AvgIpc) is 3.61. The Hall–Kier alpha value is -3.59. The van der Waals surface area contributed by atoms with E-state index in [2.05, 4.69) is 135 Å². The molecule has 0 aliphatic rings. The van der Waals surface area contributed by atoms with Crippen molar-refractivity contribution in [2.75, 3.05) is 47.5 Å². The Balaban J connectivity index is 4.03. The van der Waals surface area contributed by atoms with Crippen LogP contribution in [0.4, 0.5) is 0 Å². The molecule has 0 aromatic heterocycles. The minimum Gasteiger partial charge on any atom is -0.756 e. The first-order chi connectivity index (χ1) is 41.0. The Labute approximate surface area is 518 Å². The van der Waals surface area contributed by atoms with E-state index >= 15 is 0 Å². The van der Waals surface area contributed by atoms with Crippen LogP contribution in [0.1, 0.15) is 284 Å². The molecule has 0 heterocycles. The van der Waals surface area contributed by atoms with Crippen LogP contribution in [0, 0.1) is 0 Å². The molecular weight excluding hydrogens is 1060 g/mol. The molecule has 0 radical (unpaired) electrons. The zero-order chi connectivity index (χ0) is 61.2. The number of ether oxygens (including phenoxy) is 2. The zero-order valence-corrected chi connectivity index (χ0v) is 55.7. The fourth-order valence-electron chi connectivity index (χ4n) is 9.30. The van der Waals surface area contributed by atoms with Crippen LogP contribution < -0.4 is 4.89 Å². The maximum absolute atomic E-state index is 12.9. The van der Waals surface area contributed by atoms with Gasteiger partial charge in [0.1, 0.15) is 19.8 Å². The molecule has 2 atom stereocenters. The zero-order valence-electron chi connectivity index (χ0n) is 54.8. The van der Waals surface area contributed by atoms with Crippen LogP contribution in [-0.2, 0) is 32.7 Å². The van der Waals surface area contributed by atoms with Crippen LogP contribution in [0.3, 0.4) is 0 Å². The van der Waals surface area contributed by atoms with Crippen LogP contribution in [0.5, 0.6) is 0 Å². The van der Waals surface area contributed by atoms with Crippen molar-refractivity contribution < 1.29 is 42.1 Å². The van der Waals surface area contributed by atoms with Gasteiger partial charge in [0, 0.05) is 12.8 Å². The molecule has 0 saturated carbocycles. The molecule has 0 saturated heterocycles. The van der Waals surface area contributed by atoms with Gasteiger partial charge in [-0.3, -0.25) is 14.2 Å². The molecule has 0 fully saturated rings. The number of phosphoric ester groups is 1. The smallest absolute Gasteiger partial charge is 0.306 e. The van der Waals surface area contributed by atoms with Gasteiger partial charge in [0.05, 0.1) is 27.7 Å². The van der Waals surface area contributed by atoms with Crippen molar-refractivity contribution in [1.82, 2.24) is 0 Å². The average molecular weight is 1190 g/mol. The van der Waals surface area contributed by atoms with Gasteiger partial charge in [-0.15, -0.1) is 0 Å². The fraction of sp³-hybridized carbons (Fsp3) is 0.703. The van der Waals surface area contributed by atoms with E-state index in [-0.39, 0.29) is 32.0 Å². The Morgan fingerprint density at radius 1 is 0.369 bits per heavy atom. The van der Waals surface area contributed by atoms with E-state index < -0.39 is 26.5 Å². The van der Waals surface area contributed by atoms with Crippen molar-refractivity contribution in [3.05, 3.63) is 122 Å². The van der Waals surface area contributed by atoms with Crippen LogP contribution in [0.2, 0.25) is 0 Å². The van der Waals surface area contributed by atoms with Crippen molar-refractivity contribution >= 4 is 19.8 Å². The highest BCUT2D eigenvalue weighted by Gasteiger charge is 2.22. The van der Waals surface area contributed by atoms with Gasteiger partial charge in [0.15, 0.2) is 6.10 Å². The van der Waals surface area contributed by atoms with Gasteiger partial charge in [-0.1, -0.05) is 289 Å². The summed E-state index contributed by atoms with van der Waals surface area (Å²) < 4.78 is 34.3. The summed E-state index contributed by atoms with van der Waals surface area (Å²) in [6.07, 6.45) is 91.3. The van der Waals surface area contributed by atoms with E-state index in [0.29, 0.717) is 17.4 Å². The van der Waals surface area contributed by atoms with Crippen LogP contribution in [0.25, 0.3) is 0 Å². The molecule has 0 aromatic carbocycles. The predicted octanol–water partition coefficient (Wildman–Crippen LogP) is 21.6. The number of hydrogen-bond donors (Lipinski definition) is 0. The maximum Gasteiger partial charge on any atom is 0.306 e. The summed E-state index contributed by atoms with van der Waals surface area (Å²) >= 11 is 0. The van der Waals surface area contributed by atoms with Crippen LogP contribution in [0.15, 0.2) is 122 Å². The second kappa shape index (κ2) is 63.9. The summed E-state index contributed by atoms with van der Waals surface area (Å²) in [7, 11) is 1.16. The van der Waals surface area contributed by atoms with Gasteiger partial charge in [-0.25, -0.2) is 0 Å². The van der Waals surface area contributed by atoms with E-state index in [0.717, 1.165) is 116 Å². The molecular formula is C74H128NO8P. The first-order valence-electron chi connectivity index (χ1n) is 34.2. The van der Waals surface area contributed by atoms with Gasteiger partial charge in [-0.05, 0) is 103 Å². The maximum atomic E-state index is 12.9. The Bertz CT molecular complexity index is 1830. The largest absolute Gasteiger partial charge is 0.756 e. The number of esters is 2. The summed E-state index contributed by atoms with van der Waals surface area (Å²) in [5.41, 5.74) is 0. The highest BCUT2D eigenvalue weighted by Crippen LogP contribution is 2.38. The Morgan fingerprint density at radius 2 is 0.643 bits per heavy atom. The summed E-state index contributed by atoms with van der Waals surface area (Å²) in [4.78, 5) is 38.0. The second-order valence-electron chi connectivity index (χ2n) is 23.8. The molecule has 9 nitrogen and oxygen atoms in total. The molecule has 0 bridgehead atoms. The third-order valence-corrected chi connectivity index (χ3v) is 15.4. The number of phosphoric acid groups is 1. The van der Waals surface area contributed by atoms with E-state index in [4.69, 9.17) is 18.5 Å². The highest BCUT2D eigenvalue weighted by atomic mass is 31.2. The third-order valence-electron chi connectivity index (χ3n) is 14.5. The van der Waals surface area contributed by atoms with Gasteiger partial charge >= 0.3 is 11.9 Å². The first-order valence-corrected chi connectivity index (χ1v) is 35.7. The molecule has 0 amide bonds. The molecule has 0 aliphatic heterocycles. The second-order valence-corrected chi connectivity index (χ2v) is 25.2. The number of likely N-dealkylation sites (N-methyl/N-ethyl adjacent to an activating group) is 1. The van der Waals surface area contributed by atoms with Crippen molar-refractivity contribution in [2.24, 2.45) is 0 Å². The number of allylic oxidation sites excluding steroid dienone is 20. The summed E-state index contributed by atoms with van der Waals surface area (Å²) in [6, 6.07) is 0. The van der Waals surface area contributed by atoms with Gasteiger partial charge in [-0.2, -0.15) is 0 Å². The minimum absolute atomic E-state index is 0.0352. The molecule has 0 aliphatic carbocycles. The number of quaternary nitrogens is 1. The molecule has 0 aromatic rings. The topological polar surface area (TPSA) is 111 Å². The minimum atomic E-state index is -4.65. The molecule has 0 spiro atoms. The van der Waals surface area contributed by atoms with Gasteiger partial charge < -0.3 is 27.9 Å². The van der Waals surface area contributed by atoms with Crippen molar-refractivity contribution in [3.63, 3.8) is 0 Å². The van der Waals surface area contributed by atoms with Crippen molar-refractivity contribution in [1.29, 1.82) is 0 Å². The SMILES string of the molecule is CC/C=C\C/C=C\C/C=C\C/C=C\C/C=C\C/C=C\CCCCCCCCCCCCCCCCCCCCC(=O)OC(COC(=O)CCCCCCCCCCCC/C=C\C/C=C\C/C=C\C/C=C\CC)COP(=O)([O-])OCC[N+](C)(C)C. The number of carbonyl (C=O) groups excluding carboxylic acids is 2. The third kappa shape index (κ3) is 67.5. The fourth-order valence-corrected chi connectivity index (χ4v) is 10.0. The summed E-state index contributed by atoms with van der Waals surface area (Å²) in [6.45, 7) is 4.03. The highest BCUT2D eigenvalue weighted by molar-refractivity contribution is 7.45. The van der Waals surface area contributed by atoms with Crippen LogP contribution >= 0.6 is 7.82 Å². The molecule has 2 unspecified atom stereocenters. The van der Waals surface area contributed by atoms with E-state index in [1.165, 1.54) is 135 Å². The normalized spacial score (nSPS) is 13.9. The van der Waals surface area contributed by atoms with Gasteiger partial charge in [0.2, 0.25) is 0 Å². The van der Waals surface area contributed by atoms with Crippen molar-refractivity contribution in [3.8, 4) is 0 Å². The molecule has 0 N–H and O–H groups in total.